The number of benzene rings is 1. The summed E-state index contributed by atoms with van der Waals surface area (Å²) in [6.07, 6.45) is 1.67. The van der Waals surface area contributed by atoms with Crippen LogP contribution in [0.1, 0.15) is 16.7 Å². The zero-order valence-electron chi connectivity index (χ0n) is 8.63. The minimum atomic E-state index is -3.81. The minimum absolute atomic E-state index is 0.354. The third kappa shape index (κ3) is 1.41. The van der Waals surface area contributed by atoms with E-state index in [0.717, 1.165) is 11.1 Å². The van der Waals surface area contributed by atoms with E-state index < -0.39 is 17.5 Å². The number of carboxylic acids is 1. The summed E-state index contributed by atoms with van der Waals surface area (Å²) in [5, 5.41) is 8.51. The summed E-state index contributed by atoms with van der Waals surface area (Å²) in [7, 11) is 0. The molecule has 0 aliphatic heterocycles. The van der Waals surface area contributed by atoms with E-state index >= 15 is 0 Å². The Morgan fingerprint density at radius 3 is 2.75 bits per heavy atom. The van der Waals surface area contributed by atoms with Crippen LogP contribution in [0.15, 0.2) is 24.3 Å². The Hall–Kier alpha value is -1.71. The van der Waals surface area contributed by atoms with Crippen LogP contribution in [0.5, 0.6) is 0 Å². The van der Waals surface area contributed by atoms with Crippen LogP contribution < -0.4 is 0 Å². The van der Waals surface area contributed by atoms with Gasteiger partial charge in [0.2, 0.25) is 0 Å². The van der Waals surface area contributed by atoms with Gasteiger partial charge in [0.15, 0.2) is 0 Å². The third-order valence-electron chi connectivity index (χ3n) is 2.82. The average Bonchev–Trinajstić information content (AvgIpc) is 2.63. The molecule has 1 aromatic rings. The van der Waals surface area contributed by atoms with E-state index in [-0.39, 0.29) is 0 Å². The molecular weight excluding hydrogens is 214 g/mol. The fourth-order valence-electron chi connectivity index (χ4n) is 1.95. The predicted molar refractivity (Wildman–Crippen MR) is 55.4 cm³/mol. The maximum absolute atomic E-state index is 13.4. The van der Waals surface area contributed by atoms with Crippen molar-refractivity contribution in [3.8, 4) is 0 Å². The lowest BCUT2D eigenvalue weighted by atomic mass is 9.98. The Morgan fingerprint density at radius 1 is 1.44 bits per heavy atom. The Kier molecular flexibility index (Phi) is 2.30. The van der Waals surface area contributed by atoms with Gasteiger partial charge in [-0.3, -0.25) is 0 Å². The number of alkyl halides is 2. The van der Waals surface area contributed by atoms with E-state index in [0.29, 0.717) is 12.0 Å². The zero-order chi connectivity index (χ0) is 11.9. The molecule has 0 radical (unpaired) electrons. The summed E-state index contributed by atoms with van der Waals surface area (Å²) in [4.78, 5) is 10.5. The molecule has 0 atom stereocenters. The summed E-state index contributed by atoms with van der Waals surface area (Å²) >= 11 is 0. The van der Waals surface area contributed by atoms with Crippen molar-refractivity contribution >= 4 is 11.5 Å². The highest BCUT2D eigenvalue weighted by atomic mass is 19.3. The first-order valence-electron chi connectivity index (χ1n) is 4.85. The van der Waals surface area contributed by atoms with Crippen LogP contribution in [0.2, 0.25) is 0 Å². The monoisotopic (exact) mass is 224 g/mol. The van der Waals surface area contributed by atoms with E-state index in [4.69, 9.17) is 5.11 Å². The van der Waals surface area contributed by atoms with E-state index in [1.807, 2.05) is 13.0 Å². The number of hydrogen-bond donors (Lipinski definition) is 1. The molecule has 0 unspecified atom stereocenters. The van der Waals surface area contributed by atoms with Gasteiger partial charge in [-0.2, -0.15) is 8.78 Å². The molecule has 2 rings (SSSR count). The maximum atomic E-state index is 13.4. The maximum Gasteiger partial charge on any atom is 0.379 e. The largest absolute Gasteiger partial charge is 0.477 e. The van der Waals surface area contributed by atoms with Gasteiger partial charge in [-0.15, -0.1) is 0 Å². The fourth-order valence-corrected chi connectivity index (χ4v) is 1.95. The van der Waals surface area contributed by atoms with Gasteiger partial charge in [0.1, 0.15) is 0 Å². The molecule has 84 valence electrons. The number of halogens is 2. The first kappa shape index (κ1) is 10.8. The van der Waals surface area contributed by atoms with Gasteiger partial charge in [-0.1, -0.05) is 24.3 Å². The van der Waals surface area contributed by atoms with Crippen molar-refractivity contribution < 1.29 is 18.7 Å². The highest BCUT2D eigenvalue weighted by Crippen LogP contribution is 2.39. The molecule has 1 aliphatic carbocycles. The second kappa shape index (κ2) is 3.40. The molecule has 0 saturated heterocycles. The first-order chi connectivity index (χ1) is 7.44. The van der Waals surface area contributed by atoms with Gasteiger partial charge in [-0.25, -0.2) is 4.79 Å². The quantitative estimate of drug-likeness (QED) is 0.838. The van der Waals surface area contributed by atoms with Gasteiger partial charge >= 0.3 is 11.9 Å². The number of fused-ring (bicyclic) bond motifs is 1. The topological polar surface area (TPSA) is 37.3 Å². The number of aliphatic carboxylic acids is 1. The lowest BCUT2D eigenvalue weighted by Gasteiger charge is -2.14. The Balaban J connectivity index is 2.52. The van der Waals surface area contributed by atoms with Crippen molar-refractivity contribution in [3.63, 3.8) is 0 Å². The predicted octanol–water partition coefficient (Wildman–Crippen LogP) is 2.65. The Bertz CT molecular complexity index is 490. The van der Waals surface area contributed by atoms with Crippen molar-refractivity contribution in [2.24, 2.45) is 0 Å². The van der Waals surface area contributed by atoms with Gasteiger partial charge < -0.3 is 5.11 Å². The van der Waals surface area contributed by atoms with E-state index in [9.17, 15) is 13.6 Å². The van der Waals surface area contributed by atoms with Crippen LogP contribution in [0.4, 0.5) is 8.78 Å². The summed E-state index contributed by atoms with van der Waals surface area (Å²) in [6.45, 7) is 1.83. The number of allylic oxidation sites excluding steroid dienone is 1. The van der Waals surface area contributed by atoms with Gasteiger partial charge in [0.25, 0.3) is 0 Å². The second-order valence-electron chi connectivity index (χ2n) is 3.80. The summed E-state index contributed by atoms with van der Waals surface area (Å²) < 4.78 is 26.8. The van der Waals surface area contributed by atoms with E-state index in [2.05, 4.69) is 0 Å². The van der Waals surface area contributed by atoms with Crippen LogP contribution in [0.25, 0.3) is 5.57 Å². The molecule has 2 nitrogen and oxygen atoms in total. The van der Waals surface area contributed by atoms with Crippen molar-refractivity contribution in [1.82, 2.24) is 0 Å². The van der Waals surface area contributed by atoms with Crippen molar-refractivity contribution in [3.05, 3.63) is 41.0 Å². The van der Waals surface area contributed by atoms with Crippen LogP contribution >= 0.6 is 0 Å². The highest BCUT2D eigenvalue weighted by Gasteiger charge is 2.45. The molecular formula is C12H10F2O2. The number of hydrogen-bond acceptors (Lipinski definition) is 1. The van der Waals surface area contributed by atoms with Gasteiger partial charge in [0.05, 0.1) is 0 Å². The third-order valence-corrected chi connectivity index (χ3v) is 2.82. The normalized spacial score (nSPS) is 14.6. The van der Waals surface area contributed by atoms with Crippen LogP contribution in [-0.2, 0) is 11.2 Å². The standard InChI is InChI=1S/C12H10F2O2/c1-7-3-2-4-9-8(7)5-6-10(9)12(13,14)11(15)16/h2-4,6H,5H2,1H3,(H,15,16). The molecule has 0 bridgehead atoms. The smallest absolute Gasteiger partial charge is 0.379 e. The molecule has 16 heavy (non-hydrogen) atoms. The molecule has 0 spiro atoms. The number of carbonyl (C=O) groups is 1. The van der Waals surface area contributed by atoms with Gasteiger partial charge in [0, 0.05) is 5.57 Å². The number of aryl methyl sites for hydroxylation is 1. The Labute approximate surface area is 91.2 Å². The lowest BCUT2D eigenvalue weighted by molar-refractivity contribution is -0.156. The molecule has 1 aromatic carbocycles. The average molecular weight is 224 g/mol. The SMILES string of the molecule is Cc1cccc2c1CC=C2C(F)(F)C(=O)O. The molecule has 0 saturated carbocycles. The molecule has 0 aromatic heterocycles. The highest BCUT2D eigenvalue weighted by molar-refractivity contribution is 5.95. The Morgan fingerprint density at radius 2 is 2.12 bits per heavy atom. The van der Waals surface area contributed by atoms with Crippen molar-refractivity contribution in [2.45, 2.75) is 19.3 Å². The fraction of sp³-hybridized carbons (Fsp3) is 0.250. The molecule has 0 amide bonds. The van der Waals surface area contributed by atoms with Crippen LogP contribution in [0.3, 0.4) is 0 Å². The summed E-state index contributed by atoms with van der Waals surface area (Å²) in [6, 6.07) is 5.03. The van der Waals surface area contributed by atoms with Crippen LogP contribution in [-0.4, -0.2) is 17.0 Å². The molecule has 1 N–H and O–H groups in total. The van der Waals surface area contributed by atoms with Crippen molar-refractivity contribution in [1.29, 1.82) is 0 Å². The summed E-state index contributed by atoms with van der Waals surface area (Å²) in [5.74, 6) is -5.91. The van der Waals surface area contributed by atoms with Crippen LogP contribution in [0, 0.1) is 6.92 Å². The number of carboxylic acid groups (broad SMARTS) is 1. The van der Waals surface area contributed by atoms with Gasteiger partial charge in [-0.05, 0) is 30.0 Å². The van der Waals surface area contributed by atoms with E-state index in [1.54, 1.807) is 6.07 Å². The molecule has 0 fully saturated rings. The molecule has 4 heteroatoms. The second-order valence-corrected chi connectivity index (χ2v) is 3.80. The van der Waals surface area contributed by atoms with E-state index in [1.165, 1.54) is 12.1 Å². The van der Waals surface area contributed by atoms with Crippen molar-refractivity contribution in [2.75, 3.05) is 0 Å². The molecule has 0 heterocycles. The minimum Gasteiger partial charge on any atom is -0.477 e. The molecule has 1 aliphatic rings. The lowest BCUT2D eigenvalue weighted by Crippen LogP contribution is -2.29. The number of rotatable bonds is 2. The summed E-state index contributed by atoms with van der Waals surface area (Å²) in [5.41, 5.74) is 1.66. The zero-order valence-corrected chi connectivity index (χ0v) is 8.63. The first-order valence-corrected chi connectivity index (χ1v) is 4.85.